The van der Waals surface area contributed by atoms with E-state index in [9.17, 15) is 8.78 Å². The second-order valence-electron chi connectivity index (χ2n) is 5.40. The molecule has 0 amide bonds. The van der Waals surface area contributed by atoms with Gasteiger partial charge in [-0.1, -0.05) is 30.3 Å². The molecule has 0 atom stereocenters. The highest BCUT2D eigenvalue weighted by Gasteiger charge is 2.09. The second kappa shape index (κ2) is 6.71. The van der Waals surface area contributed by atoms with Gasteiger partial charge in [-0.05, 0) is 22.8 Å². The molecule has 0 aliphatic carbocycles. The highest BCUT2D eigenvalue weighted by Crippen LogP contribution is 2.15. The number of nitrogens with zero attached hydrogens (tertiary/aromatic N) is 2. The Bertz CT molecular complexity index is 794. The molecule has 0 spiro atoms. The minimum atomic E-state index is -0.574. The first-order valence-electron chi connectivity index (χ1n) is 7.37. The number of halogens is 2. The van der Waals surface area contributed by atoms with Crippen LogP contribution >= 0.6 is 0 Å². The molecule has 0 fully saturated rings. The third kappa shape index (κ3) is 3.63. The summed E-state index contributed by atoms with van der Waals surface area (Å²) in [6.45, 7) is 1.16. The Hall–Kier alpha value is -2.53. The van der Waals surface area contributed by atoms with Crippen LogP contribution in [0.4, 0.5) is 8.78 Å². The van der Waals surface area contributed by atoms with Crippen LogP contribution in [-0.2, 0) is 19.5 Å². The first kappa shape index (κ1) is 15.4. The SMILES string of the molecule is NCc1ccc(Cn2ccnc2Cc2ccc(F)cc2F)cc1. The first-order chi connectivity index (χ1) is 11.2. The molecule has 2 aromatic carbocycles. The third-order valence-electron chi connectivity index (χ3n) is 3.78. The zero-order valence-corrected chi connectivity index (χ0v) is 12.5. The quantitative estimate of drug-likeness (QED) is 0.786. The van der Waals surface area contributed by atoms with Gasteiger partial charge < -0.3 is 10.3 Å². The van der Waals surface area contributed by atoms with Crippen molar-refractivity contribution in [1.29, 1.82) is 0 Å². The van der Waals surface area contributed by atoms with Gasteiger partial charge in [-0.15, -0.1) is 0 Å². The minimum absolute atomic E-state index is 0.319. The summed E-state index contributed by atoms with van der Waals surface area (Å²) < 4.78 is 28.7. The summed E-state index contributed by atoms with van der Waals surface area (Å²) >= 11 is 0. The maximum atomic E-state index is 13.8. The number of hydrogen-bond donors (Lipinski definition) is 1. The van der Waals surface area contributed by atoms with Gasteiger partial charge in [-0.2, -0.15) is 0 Å². The molecule has 1 heterocycles. The number of nitrogens with two attached hydrogens (primary N) is 1. The largest absolute Gasteiger partial charge is 0.330 e. The monoisotopic (exact) mass is 313 g/mol. The molecule has 23 heavy (non-hydrogen) atoms. The van der Waals surface area contributed by atoms with Crippen LogP contribution in [0.1, 0.15) is 22.5 Å². The van der Waals surface area contributed by atoms with Crippen molar-refractivity contribution in [3.8, 4) is 0 Å². The van der Waals surface area contributed by atoms with Gasteiger partial charge in [-0.3, -0.25) is 0 Å². The fourth-order valence-electron chi connectivity index (χ4n) is 2.46. The molecule has 0 bridgehead atoms. The fourth-order valence-corrected chi connectivity index (χ4v) is 2.46. The van der Waals surface area contributed by atoms with Gasteiger partial charge in [0.25, 0.3) is 0 Å². The summed E-state index contributed by atoms with van der Waals surface area (Å²) in [7, 11) is 0. The molecule has 0 aliphatic rings. The van der Waals surface area contributed by atoms with Gasteiger partial charge in [0, 0.05) is 38.0 Å². The zero-order chi connectivity index (χ0) is 16.2. The van der Waals surface area contributed by atoms with Gasteiger partial charge in [0.15, 0.2) is 0 Å². The van der Waals surface area contributed by atoms with E-state index in [-0.39, 0.29) is 0 Å². The normalized spacial score (nSPS) is 10.9. The van der Waals surface area contributed by atoms with E-state index < -0.39 is 11.6 Å². The van der Waals surface area contributed by atoms with Gasteiger partial charge in [-0.25, -0.2) is 13.8 Å². The lowest BCUT2D eigenvalue weighted by atomic mass is 10.1. The van der Waals surface area contributed by atoms with Crippen molar-refractivity contribution in [2.45, 2.75) is 19.5 Å². The lowest BCUT2D eigenvalue weighted by molar-refractivity contribution is 0.572. The average Bonchev–Trinajstić information content (AvgIpc) is 2.98. The summed E-state index contributed by atoms with van der Waals surface area (Å²) in [4.78, 5) is 4.29. The summed E-state index contributed by atoms with van der Waals surface area (Å²) in [6, 6.07) is 11.6. The van der Waals surface area contributed by atoms with Crippen LogP contribution in [0.15, 0.2) is 54.9 Å². The number of imidazole rings is 1. The Kier molecular flexibility index (Phi) is 4.48. The summed E-state index contributed by atoms with van der Waals surface area (Å²) in [5.41, 5.74) is 8.21. The highest BCUT2D eigenvalue weighted by molar-refractivity contribution is 5.25. The van der Waals surface area contributed by atoms with Crippen molar-refractivity contribution in [3.05, 3.63) is 89.0 Å². The van der Waals surface area contributed by atoms with Crippen LogP contribution < -0.4 is 5.73 Å². The standard InChI is InChI=1S/C18H17F2N3/c19-16-6-5-15(17(20)10-16)9-18-22-7-8-23(18)12-14-3-1-13(11-21)2-4-14/h1-8,10H,9,11-12,21H2. The molecule has 0 saturated carbocycles. The molecule has 3 rings (SSSR count). The molecule has 0 unspecified atom stereocenters. The van der Waals surface area contributed by atoms with Crippen molar-refractivity contribution in [1.82, 2.24) is 9.55 Å². The number of aromatic nitrogens is 2. The zero-order valence-electron chi connectivity index (χ0n) is 12.5. The molecule has 118 valence electrons. The summed E-state index contributed by atoms with van der Waals surface area (Å²) in [6.07, 6.45) is 3.86. The van der Waals surface area contributed by atoms with Gasteiger partial charge in [0.05, 0.1) is 0 Å². The van der Waals surface area contributed by atoms with E-state index in [4.69, 9.17) is 5.73 Å². The maximum Gasteiger partial charge on any atom is 0.129 e. The molecule has 3 nitrogen and oxygen atoms in total. The minimum Gasteiger partial charge on any atom is -0.330 e. The molecule has 3 aromatic rings. The van der Waals surface area contributed by atoms with Crippen molar-refractivity contribution in [3.63, 3.8) is 0 Å². The van der Waals surface area contributed by atoms with Crippen LogP contribution in [0.5, 0.6) is 0 Å². The predicted molar refractivity (Wildman–Crippen MR) is 84.8 cm³/mol. The Labute approximate surface area is 133 Å². The van der Waals surface area contributed by atoms with E-state index in [0.717, 1.165) is 23.0 Å². The number of benzene rings is 2. The molecule has 2 N–H and O–H groups in total. The van der Waals surface area contributed by atoms with Crippen LogP contribution in [0.25, 0.3) is 0 Å². The Morgan fingerprint density at radius 2 is 1.74 bits per heavy atom. The highest BCUT2D eigenvalue weighted by atomic mass is 19.1. The van der Waals surface area contributed by atoms with E-state index in [0.29, 0.717) is 25.1 Å². The van der Waals surface area contributed by atoms with Crippen molar-refractivity contribution >= 4 is 0 Å². The van der Waals surface area contributed by atoms with Crippen molar-refractivity contribution < 1.29 is 8.78 Å². The van der Waals surface area contributed by atoms with E-state index >= 15 is 0 Å². The van der Waals surface area contributed by atoms with E-state index in [1.165, 1.54) is 12.1 Å². The van der Waals surface area contributed by atoms with Crippen LogP contribution in [-0.4, -0.2) is 9.55 Å². The Morgan fingerprint density at radius 3 is 2.43 bits per heavy atom. The van der Waals surface area contributed by atoms with Crippen LogP contribution in [0.3, 0.4) is 0 Å². The second-order valence-corrected chi connectivity index (χ2v) is 5.40. The van der Waals surface area contributed by atoms with Gasteiger partial charge >= 0.3 is 0 Å². The Balaban J connectivity index is 1.78. The fraction of sp³-hybridized carbons (Fsp3) is 0.167. The lowest BCUT2D eigenvalue weighted by Gasteiger charge is -2.09. The summed E-state index contributed by atoms with van der Waals surface area (Å²) in [5, 5.41) is 0. The predicted octanol–water partition coefficient (Wildman–Crippen LogP) is 3.26. The smallest absolute Gasteiger partial charge is 0.129 e. The van der Waals surface area contributed by atoms with Gasteiger partial charge in [0.2, 0.25) is 0 Å². The molecular formula is C18H17F2N3. The molecule has 0 radical (unpaired) electrons. The molecule has 0 saturated heterocycles. The first-order valence-corrected chi connectivity index (χ1v) is 7.37. The molecule has 1 aromatic heterocycles. The molecule has 0 aliphatic heterocycles. The van der Waals surface area contributed by atoms with Crippen molar-refractivity contribution in [2.24, 2.45) is 5.73 Å². The van der Waals surface area contributed by atoms with Crippen molar-refractivity contribution in [2.75, 3.05) is 0 Å². The maximum absolute atomic E-state index is 13.8. The summed E-state index contributed by atoms with van der Waals surface area (Å²) in [5.74, 6) is -0.389. The topological polar surface area (TPSA) is 43.8 Å². The Morgan fingerprint density at radius 1 is 1.00 bits per heavy atom. The van der Waals surface area contributed by atoms with Crippen LogP contribution in [0.2, 0.25) is 0 Å². The van der Waals surface area contributed by atoms with Gasteiger partial charge in [0.1, 0.15) is 17.5 Å². The molecule has 5 heteroatoms. The molecular weight excluding hydrogens is 296 g/mol. The number of hydrogen-bond acceptors (Lipinski definition) is 2. The lowest BCUT2D eigenvalue weighted by Crippen LogP contribution is -2.06. The average molecular weight is 313 g/mol. The number of rotatable bonds is 5. The third-order valence-corrected chi connectivity index (χ3v) is 3.78. The van der Waals surface area contributed by atoms with E-state index in [1.54, 1.807) is 6.20 Å². The van der Waals surface area contributed by atoms with Crippen LogP contribution in [0, 0.1) is 11.6 Å². The van der Waals surface area contributed by atoms with E-state index in [1.807, 2.05) is 35.0 Å². The van der Waals surface area contributed by atoms with E-state index in [2.05, 4.69) is 4.98 Å².